The van der Waals surface area contributed by atoms with Gasteiger partial charge in [0.05, 0.1) is 18.9 Å². The molecule has 2 amide bonds. The van der Waals surface area contributed by atoms with Crippen molar-refractivity contribution in [1.29, 1.82) is 0 Å². The molecule has 7 heteroatoms. The number of para-hydroxylation sites is 1. The Morgan fingerprint density at radius 3 is 2.57 bits per heavy atom. The highest BCUT2D eigenvalue weighted by Crippen LogP contribution is 2.28. The van der Waals surface area contributed by atoms with E-state index in [-0.39, 0.29) is 36.7 Å². The summed E-state index contributed by atoms with van der Waals surface area (Å²) in [6.45, 7) is 1.03. The van der Waals surface area contributed by atoms with Gasteiger partial charge in [-0.15, -0.1) is 12.4 Å². The van der Waals surface area contributed by atoms with Gasteiger partial charge in [0.15, 0.2) is 0 Å². The minimum absolute atomic E-state index is 0. The van der Waals surface area contributed by atoms with E-state index < -0.39 is 0 Å². The molecule has 2 aromatic rings. The van der Waals surface area contributed by atoms with Gasteiger partial charge in [-0.3, -0.25) is 9.59 Å². The standard InChI is InChI=1S/C21H25N3O3.ClH/c1-27-18(14-22)13-20(25)23-17-8-6-15(7-9-17)12-21(26)24-11-10-16-4-2-3-5-19(16)24;/h2-9,18H,10-14,22H2,1H3,(H,23,25);1H. The fraction of sp³-hybridized carbons (Fsp3) is 0.333. The number of hydrogen-bond acceptors (Lipinski definition) is 4. The lowest BCUT2D eigenvalue weighted by molar-refractivity contribution is -0.119. The van der Waals surface area contributed by atoms with Crippen LogP contribution in [0.25, 0.3) is 0 Å². The van der Waals surface area contributed by atoms with E-state index in [1.807, 2.05) is 47.4 Å². The number of amides is 2. The van der Waals surface area contributed by atoms with E-state index in [1.165, 1.54) is 12.7 Å². The zero-order valence-corrected chi connectivity index (χ0v) is 16.7. The molecule has 1 heterocycles. The van der Waals surface area contributed by atoms with Gasteiger partial charge in [0, 0.05) is 31.6 Å². The fourth-order valence-corrected chi connectivity index (χ4v) is 3.25. The third-order valence-electron chi connectivity index (χ3n) is 4.79. The molecule has 0 bridgehead atoms. The molecule has 3 rings (SSSR count). The Morgan fingerprint density at radius 1 is 1.18 bits per heavy atom. The lowest BCUT2D eigenvalue weighted by Crippen LogP contribution is -2.30. The Labute approximate surface area is 171 Å². The summed E-state index contributed by atoms with van der Waals surface area (Å²) in [6.07, 6.45) is 1.16. The maximum atomic E-state index is 12.7. The van der Waals surface area contributed by atoms with E-state index >= 15 is 0 Å². The van der Waals surface area contributed by atoms with Crippen LogP contribution in [-0.2, 0) is 27.2 Å². The molecule has 6 nitrogen and oxygen atoms in total. The lowest BCUT2D eigenvalue weighted by atomic mass is 10.1. The van der Waals surface area contributed by atoms with Crippen molar-refractivity contribution in [2.24, 2.45) is 5.73 Å². The van der Waals surface area contributed by atoms with Crippen molar-refractivity contribution in [1.82, 2.24) is 0 Å². The topological polar surface area (TPSA) is 84.7 Å². The van der Waals surface area contributed by atoms with Crippen molar-refractivity contribution in [2.75, 3.05) is 30.4 Å². The minimum Gasteiger partial charge on any atom is -0.380 e. The van der Waals surface area contributed by atoms with E-state index in [4.69, 9.17) is 10.5 Å². The van der Waals surface area contributed by atoms with Gasteiger partial charge in [0.1, 0.15) is 0 Å². The first-order chi connectivity index (χ1) is 13.1. The molecule has 1 atom stereocenters. The third kappa shape index (κ3) is 5.32. The number of anilines is 2. The first kappa shape index (κ1) is 21.9. The zero-order chi connectivity index (χ0) is 19.2. The van der Waals surface area contributed by atoms with Crippen molar-refractivity contribution in [3.8, 4) is 0 Å². The maximum absolute atomic E-state index is 12.7. The van der Waals surface area contributed by atoms with Gasteiger partial charge in [-0.25, -0.2) is 0 Å². The molecule has 2 aromatic carbocycles. The van der Waals surface area contributed by atoms with Crippen LogP contribution >= 0.6 is 12.4 Å². The molecule has 150 valence electrons. The first-order valence-electron chi connectivity index (χ1n) is 9.10. The number of hydrogen-bond donors (Lipinski definition) is 2. The van der Waals surface area contributed by atoms with E-state index in [9.17, 15) is 9.59 Å². The van der Waals surface area contributed by atoms with E-state index in [1.54, 1.807) is 0 Å². The lowest BCUT2D eigenvalue weighted by Gasteiger charge is -2.17. The number of halogens is 1. The third-order valence-corrected chi connectivity index (χ3v) is 4.79. The molecule has 3 N–H and O–H groups in total. The minimum atomic E-state index is -0.287. The molecule has 0 spiro atoms. The summed E-state index contributed by atoms with van der Waals surface area (Å²) in [7, 11) is 1.54. The molecule has 28 heavy (non-hydrogen) atoms. The average molecular weight is 404 g/mol. The second-order valence-corrected chi connectivity index (χ2v) is 6.64. The first-order valence-corrected chi connectivity index (χ1v) is 9.10. The highest BCUT2D eigenvalue weighted by atomic mass is 35.5. The summed E-state index contributed by atoms with van der Waals surface area (Å²) < 4.78 is 5.12. The number of ether oxygens (including phenoxy) is 1. The molecule has 0 radical (unpaired) electrons. The van der Waals surface area contributed by atoms with Crippen LogP contribution in [0.3, 0.4) is 0 Å². The molecule has 1 aliphatic heterocycles. The second kappa shape index (κ2) is 10.2. The van der Waals surface area contributed by atoms with Crippen LogP contribution in [0.15, 0.2) is 48.5 Å². The van der Waals surface area contributed by atoms with Crippen LogP contribution in [-0.4, -0.2) is 38.1 Å². The van der Waals surface area contributed by atoms with Crippen LogP contribution < -0.4 is 16.0 Å². The van der Waals surface area contributed by atoms with Crippen LogP contribution in [0, 0.1) is 0 Å². The molecule has 1 unspecified atom stereocenters. The number of nitrogens with one attached hydrogen (secondary N) is 1. The second-order valence-electron chi connectivity index (χ2n) is 6.64. The number of nitrogens with two attached hydrogens (primary N) is 1. The Hall–Kier alpha value is -2.41. The Balaban J connectivity index is 0.00000280. The van der Waals surface area contributed by atoms with Crippen molar-refractivity contribution in [3.05, 3.63) is 59.7 Å². The number of benzene rings is 2. The van der Waals surface area contributed by atoms with Crippen molar-refractivity contribution >= 4 is 35.6 Å². The van der Waals surface area contributed by atoms with Crippen molar-refractivity contribution < 1.29 is 14.3 Å². The highest BCUT2D eigenvalue weighted by Gasteiger charge is 2.23. The molecule has 0 saturated heterocycles. The summed E-state index contributed by atoms with van der Waals surface area (Å²) >= 11 is 0. The van der Waals surface area contributed by atoms with E-state index in [2.05, 4.69) is 11.4 Å². The number of carbonyl (C=O) groups excluding carboxylic acids is 2. The summed E-state index contributed by atoms with van der Waals surface area (Å²) in [5, 5.41) is 2.82. The normalized spacial score (nSPS) is 13.4. The largest absolute Gasteiger partial charge is 0.380 e. The van der Waals surface area contributed by atoms with Gasteiger partial charge in [0.25, 0.3) is 0 Å². The van der Waals surface area contributed by atoms with E-state index in [0.717, 1.165) is 24.2 Å². The Kier molecular flexibility index (Phi) is 7.99. The Morgan fingerprint density at radius 2 is 1.89 bits per heavy atom. The van der Waals surface area contributed by atoms with Crippen LogP contribution in [0.5, 0.6) is 0 Å². The van der Waals surface area contributed by atoms with Gasteiger partial charge in [-0.05, 0) is 35.7 Å². The maximum Gasteiger partial charge on any atom is 0.231 e. The van der Waals surface area contributed by atoms with Crippen LogP contribution in [0.4, 0.5) is 11.4 Å². The number of carbonyl (C=O) groups is 2. The number of methoxy groups -OCH3 is 1. The number of rotatable bonds is 7. The van der Waals surface area contributed by atoms with Gasteiger partial charge < -0.3 is 20.7 Å². The molecule has 0 aromatic heterocycles. The van der Waals surface area contributed by atoms with Crippen LogP contribution in [0.2, 0.25) is 0 Å². The smallest absolute Gasteiger partial charge is 0.231 e. The van der Waals surface area contributed by atoms with Gasteiger partial charge in [-0.1, -0.05) is 30.3 Å². The number of fused-ring (bicyclic) bond motifs is 1. The summed E-state index contributed by atoms with van der Waals surface area (Å²) in [5.74, 6) is -0.0626. The molecular weight excluding hydrogens is 378 g/mol. The van der Waals surface area contributed by atoms with Gasteiger partial charge >= 0.3 is 0 Å². The quantitative estimate of drug-likeness (QED) is 0.744. The number of nitrogens with zero attached hydrogens (tertiary/aromatic N) is 1. The SMILES string of the molecule is COC(CN)CC(=O)Nc1ccc(CC(=O)N2CCc3ccccc32)cc1.Cl. The molecule has 1 aliphatic rings. The van der Waals surface area contributed by atoms with E-state index in [0.29, 0.717) is 18.7 Å². The monoisotopic (exact) mass is 403 g/mol. The fourth-order valence-electron chi connectivity index (χ4n) is 3.25. The predicted octanol–water partition coefficient (Wildman–Crippen LogP) is 2.54. The predicted molar refractivity (Wildman–Crippen MR) is 113 cm³/mol. The zero-order valence-electron chi connectivity index (χ0n) is 15.9. The average Bonchev–Trinajstić information content (AvgIpc) is 3.12. The molecule has 0 fully saturated rings. The summed E-state index contributed by atoms with van der Waals surface area (Å²) in [6, 6.07) is 15.4. The van der Waals surface area contributed by atoms with Crippen molar-refractivity contribution in [2.45, 2.75) is 25.4 Å². The molecule has 0 aliphatic carbocycles. The summed E-state index contributed by atoms with van der Waals surface area (Å²) in [5.41, 5.74) is 9.37. The molecule has 0 saturated carbocycles. The summed E-state index contributed by atoms with van der Waals surface area (Å²) in [4.78, 5) is 26.5. The van der Waals surface area contributed by atoms with Crippen molar-refractivity contribution in [3.63, 3.8) is 0 Å². The molecular formula is C21H26ClN3O3. The van der Waals surface area contributed by atoms with Gasteiger partial charge in [-0.2, -0.15) is 0 Å². The highest BCUT2D eigenvalue weighted by molar-refractivity contribution is 5.97. The Bertz CT molecular complexity index is 807. The van der Waals surface area contributed by atoms with Gasteiger partial charge in [0.2, 0.25) is 11.8 Å². The van der Waals surface area contributed by atoms with Crippen LogP contribution in [0.1, 0.15) is 17.5 Å².